The molecule has 0 atom stereocenters. The molecular weight excluding hydrogens is 246 g/mol. The van der Waals surface area contributed by atoms with Crippen LogP contribution in [0.15, 0.2) is 60.7 Å². The highest BCUT2D eigenvalue weighted by Crippen LogP contribution is 2.14. The molecule has 0 aliphatic heterocycles. The second kappa shape index (κ2) is 5.49. The van der Waals surface area contributed by atoms with Gasteiger partial charge < -0.3 is 0 Å². The van der Waals surface area contributed by atoms with E-state index in [0.717, 1.165) is 28.4 Å². The van der Waals surface area contributed by atoms with Gasteiger partial charge in [0.25, 0.3) is 0 Å². The number of carbonyl (C=O) groups excluding carboxylic acids is 1. The van der Waals surface area contributed by atoms with Crippen LogP contribution < -0.4 is 0 Å². The van der Waals surface area contributed by atoms with E-state index in [-0.39, 0.29) is 0 Å². The molecule has 0 spiro atoms. The molecule has 96 valence electrons. The van der Waals surface area contributed by atoms with Gasteiger partial charge in [-0.05, 0) is 23.8 Å². The molecule has 0 radical (unpaired) electrons. The molecule has 1 aromatic heterocycles. The Morgan fingerprint density at radius 2 is 1.50 bits per heavy atom. The number of fused-ring (bicyclic) bond motifs is 1. The van der Waals surface area contributed by atoms with Crippen molar-refractivity contribution >= 4 is 29.3 Å². The van der Waals surface area contributed by atoms with Crippen molar-refractivity contribution in [1.82, 2.24) is 4.98 Å². The molecule has 0 aliphatic rings. The molecule has 20 heavy (non-hydrogen) atoms. The normalized spacial score (nSPS) is 11.0. The van der Waals surface area contributed by atoms with Crippen LogP contribution in [0.4, 0.5) is 0 Å². The number of carbonyl (C=O) groups is 1. The summed E-state index contributed by atoms with van der Waals surface area (Å²) >= 11 is 0. The summed E-state index contributed by atoms with van der Waals surface area (Å²) in [5.41, 5.74) is 3.64. The first-order valence-corrected chi connectivity index (χ1v) is 6.44. The fourth-order valence-electron chi connectivity index (χ4n) is 2.04. The predicted octanol–water partition coefficient (Wildman–Crippen LogP) is 4.22. The molecule has 1 heterocycles. The van der Waals surface area contributed by atoms with Crippen LogP contribution in [0.2, 0.25) is 0 Å². The highest BCUT2D eigenvalue weighted by molar-refractivity contribution is 5.81. The number of hydrogen-bond donors (Lipinski definition) is 0. The Labute approximate surface area is 117 Å². The summed E-state index contributed by atoms with van der Waals surface area (Å²) in [6.07, 6.45) is 4.81. The SMILES string of the molecule is O=Cc1ccc(/C=C/c2ccc3ccccc3n2)cc1. The number of nitrogens with zero attached hydrogens (tertiary/aromatic N) is 1. The van der Waals surface area contributed by atoms with Gasteiger partial charge in [-0.2, -0.15) is 0 Å². The van der Waals surface area contributed by atoms with Crippen molar-refractivity contribution in [3.63, 3.8) is 0 Å². The van der Waals surface area contributed by atoms with Crippen LogP contribution in [0.25, 0.3) is 23.1 Å². The molecule has 0 saturated carbocycles. The first kappa shape index (κ1) is 12.3. The number of aromatic nitrogens is 1. The largest absolute Gasteiger partial charge is 0.298 e. The third-order valence-electron chi connectivity index (χ3n) is 3.14. The summed E-state index contributed by atoms with van der Waals surface area (Å²) in [4.78, 5) is 15.2. The maximum atomic E-state index is 10.6. The average Bonchev–Trinajstić information content (AvgIpc) is 2.53. The van der Waals surface area contributed by atoms with Gasteiger partial charge in [0.05, 0.1) is 11.2 Å². The van der Waals surface area contributed by atoms with E-state index in [9.17, 15) is 4.79 Å². The van der Waals surface area contributed by atoms with E-state index in [1.165, 1.54) is 0 Å². The Balaban J connectivity index is 1.87. The van der Waals surface area contributed by atoms with Gasteiger partial charge in [-0.15, -0.1) is 0 Å². The summed E-state index contributed by atoms with van der Waals surface area (Å²) in [6.45, 7) is 0. The number of hydrogen-bond acceptors (Lipinski definition) is 2. The molecule has 3 aromatic rings. The van der Waals surface area contributed by atoms with Crippen LogP contribution in [0.5, 0.6) is 0 Å². The molecule has 2 heteroatoms. The standard InChI is InChI=1S/C18H13NO/c20-13-15-7-5-14(6-8-15)9-11-17-12-10-16-3-1-2-4-18(16)19-17/h1-13H/b11-9+. The monoisotopic (exact) mass is 259 g/mol. The van der Waals surface area contributed by atoms with Gasteiger partial charge >= 0.3 is 0 Å². The number of aldehydes is 1. The molecule has 0 bridgehead atoms. The lowest BCUT2D eigenvalue weighted by Gasteiger charge is -1.98. The Morgan fingerprint density at radius 1 is 0.750 bits per heavy atom. The van der Waals surface area contributed by atoms with Crippen LogP contribution in [0, 0.1) is 0 Å². The van der Waals surface area contributed by atoms with Crippen LogP contribution in [0.3, 0.4) is 0 Å². The van der Waals surface area contributed by atoms with Gasteiger partial charge in [-0.25, -0.2) is 4.98 Å². The fraction of sp³-hybridized carbons (Fsp3) is 0. The number of para-hydroxylation sites is 1. The van der Waals surface area contributed by atoms with Crippen LogP contribution in [-0.2, 0) is 0 Å². The fourth-order valence-corrected chi connectivity index (χ4v) is 2.04. The zero-order chi connectivity index (χ0) is 13.8. The average molecular weight is 259 g/mol. The molecule has 2 aromatic carbocycles. The molecule has 0 fully saturated rings. The van der Waals surface area contributed by atoms with Crippen molar-refractivity contribution in [2.75, 3.05) is 0 Å². The highest BCUT2D eigenvalue weighted by Gasteiger charge is 1.95. The molecule has 0 unspecified atom stereocenters. The minimum Gasteiger partial charge on any atom is -0.298 e. The lowest BCUT2D eigenvalue weighted by atomic mass is 10.1. The smallest absolute Gasteiger partial charge is 0.150 e. The summed E-state index contributed by atoms with van der Waals surface area (Å²) in [6, 6.07) is 19.6. The maximum absolute atomic E-state index is 10.6. The molecule has 3 rings (SSSR count). The summed E-state index contributed by atoms with van der Waals surface area (Å²) in [5.74, 6) is 0. The molecule has 0 saturated heterocycles. The first-order valence-electron chi connectivity index (χ1n) is 6.44. The Morgan fingerprint density at radius 3 is 2.30 bits per heavy atom. The van der Waals surface area contributed by atoms with Crippen molar-refractivity contribution in [3.05, 3.63) is 77.5 Å². The number of benzene rings is 2. The first-order chi connectivity index (χ1) is 9.85. The van der Waals surface area contributed by atoms with Crippen molar-refractivity contribution in [1.29, 1.82) is 0 Å². The highest BCUT2D eigenvalue weighted by atomic mass is 16.1. The predicted molar refractivity (Wildman–Crippen MR) is 82.5 cm³/mol. The summed E-state index contributed by atoms with van der Waals surface area (Å²) in [5, 5.41) is 1.14. The van der Waals surface area contributed by atoms with Crippen molar-refractivity contribution in [2.45, 2.75) is 0 Å². The Hall–Kier alpha value is -2.74. The summed E-state index contributed by atoms with van der Waals surface area (Å²) in [7, 11) is 0. The quantitative estimate of drug-likeness (QED) is 0.659. The van der Waals surface area contributed by atoms with Crippen LogP contribution in [-0.4, -0.2) is 11.3 Å². The topological polar surface area (TPSA) is 30.0 Å². The second-order valence-electron chi connectivity index (χ2n) is 4.55. The lowest BCUT2D eigenvalue weighted by Crippen LogP contribution is -1.83. The maximum Gasteiger partial charge on any atom is 0.150 e. The lowest BCUT2D eigenvalue weighted by molar-refractivity contribution is 0.112. The number of rotatable bonds is 3. The van der Waals surface area contributed by atoms with Crippen LogP contribution in [0.1, 0.15) is 21.6 Å². The molecule has 2 nitrogen and oxygen atoms in total. The van der Waals surface area contributed by atoms with Gasteiger partial charge in [-0.3, -0.25) is 4.79 Å². The third kappa shape index (κ3) is 2.64. The minimum absolute atomic E-state index is 0.686. The van der Waals surface area contributed by atoms with Crippen LogP contribution >= 0.6 is 0 Å². The van der Waals surface area contributed by atoms with E-state index in [2.05, 4.69) is 11.1 Å². The van der Waals surface area contributed by atoms with Gasteiger partial charge in [0.1, 0.15) is 6.29 Å². The van der Waals surface area contributed by atoms with Gasteiger partial charge in [0, 0.05) is 10.9 Å². The van der Waals surface area contributed by atoms with Gasteiger partial charge in [0.2, 0.25) is 0 Å². The van der Waals surface area contributed by atoms with Crippen molar-refractivity contribution < 1.29 is 4.79 Å². The Kier molecular flexibility index (Phi) is 3.38. The Bertz CT molecular complexity index is 773. The van der Waals surface area contributed by atoms with E-state index in [0.29, 0.717) is 5.56 Å². The summed E-state index contributed by atoms with van der Waals surface area (Å²) < 4.78 is 0. The zero-order valence-electron chi connectivity index (χ0n) is 10.9. The van der Waals surface area contributed by atoms with E-state index >= 15 is 0 Å². The van der Waals surface area contributed by atoms with Gasteiger partial charge in [-0.1, -0.05) is 54.6 Å². The van der Waals surface area contributed by atoms with E-state index in [4.69, 9.17) is 0 Å². The van der Waals surface area contributed by atoms with Gasteiger partial charge in [0.15, 0.2) is 0 Å². The van der Waals surface area contributed by atoms with Crippen molar-refractivity contribution in [3.8, 4) is 0 Å². The molecular formula is C18H13NO. The second-order valence-corrected chi connectivity index (χ2v) is 4.55. The molecule has 0 amide bonds. The zero-order valence-corrected chi connectivity index (χ0v) is 10.9. The van der Waals surface area contributed by atoms with Crippen molar-refractivity contribution in [2.24, 2.45) is 0 Å². The number of pyridine rings is 1. The third-order valence-corrected chi connectivity index (χ3v) is 3.14. The van der Waals surface area contributed by atoms with E-state index in [1.807, 2.05) is 54.6 Å². The van der Waals surface area contributed by atoms with E-state index < -0.39 is 0 Å². The van der Waals surface area contributed by atoms with E-state index in [1.54, 1.807) is 12.1 Å². The minimum atomic E-state index is 0.686. The molecule has 0 aliphatic carbocycles. The molecule has 0 N–H and O–H groups in total.